The van der Waals surface area contributed by atoms with E-state index in [9.17, 15) is 9.59 Å². The summed E-state index contributed by atoms with van der Waals surface area (Å²) in [4.78, 5) is 25.4. The summed E-state index contributed by atoms with van der Waals surface area (Å²) in [5, 5.41) is 6.80. The molecule has 0 radical (unpaired) electrons. The molecule has 1 aromatic rings. The molecule has 2 heterocycles. The summed E-state index contributed by atoms with van der Waals surface area (Å²) >= 11 is 5.91. The second-order valence-electron chi connectivity index (χ2n) is 4.60. The van der Waals surface area contributed by atoms with Crippen LogP contribution in [0.25, 0.3) is 0 Å². The van der Waals surface area contributed by atoms with Gasteiger partial charge in [-0.2, -0.15) is 5.10 Å². The summed E-state index contributed by atoms with van der Waals surface area (Å²) in [6, 6.07) is 0. The number of nitrogens with zero attached hydrogens (tertiary/aromatic N) is 3. The molecule has 1 saturated heterocycles. The summed E-state index contributed by atoms with van der Waals surface area (Å²) in [7, 11) is 1.52. The molecule has 1 aliphatic heterocycles. The zero-order chi connectivity index (χ0) is 13.8. The molecule has 19 heavy (non-hydrogen) atoms. The van der Waals surface area contributed by atoms with Crippen molar-refractivity contribution in [2.75, 3.05) is 25.0 Å². The van der Waals surface area contributed by atoms with Crippen molar-refractivity contribution in [1.82, 2.24) is 14.7 Å². The van der Waals surface area contributed by atoms with Crippen molar-refractivity contribution in [1.29, 1.82) is 0 Å². The Hall–Kier alpha value is -1.56. The molecular weight excluding hydrogens is 268 g/mol. The average Bonchev–Trinajstić information content (AvgIpc) is 2.45. The Labute approximate surface area is 116 Å². The van der Waals surface area contributed by atoms with Gasteiger partial charge in [0.15, 0.2) is 0 Å². The topological polar surface area (TPSA) is 67.2 Å². The molecule has 0 bridgehead atoms. The van der Waals surface area contributed by atoms with Crippen LogP contribution in [0.2, 0.25) is 5.02 Å². The molecule has 0 aliphatic carbocycles. The molecule has 0 unspecified atom stereocenters. The molecule has 0 aromatic carbocycles. The van der Waals surface area contributed by atoms with Crippen molar-refractivity contribution < 1.29 is 4.79 Å². The van der Waals surface area contributed by atoms with Crippen LogP contribution in [0, 0.1) is 0 Å². The fourth-order valence-corrected chi connectivity index (χ4v) is 2.30. The summed E-state index contributed by atoms with van der Waals surface area (Å²) < 4.78 is 1.15. The number of halogens is 1. The zero-order valence-electron chi connectivity index (χ0n) is 10.9. The monoisotopic (exact) mass is 284 g/mol. The van der Waals surface area contributed by atoms with Gasteiger partial charge in [-0.25, -0.2) is 4.68 Å². The van der Waals surface area contributed by atoms with Gasteiger partial charge >= 0.3 is 0 Å². The van der Waals surface area contributed by atoms with E-state index in [4.69, 9.17) is 11.6 Å². The van der Waals surface area contributed by atoms with Crippen LogP contribution < -0.4 is 10.9 Å². The number of aryl methyl sites for hydroxylation is 1. The van der Waals surface area contributed by atoms with Crippen LogP contribution in [0.3, 0.4) is 0 Å². The molecule has 0 atom stereocenters. The van der Waals surface area contributed by atoms with Crippen molar-refractivity contribution in [3.63, 3.8) is 0 Å². The van der Waals surface area contributed by atoms with E-state index in [0.717, 1.165) is 30.6 Å². The standard InChI is InChI=1S/C12H17ClN4O2/c1-16-12(19)11(13)9(7-15-16)14-8-10(18)17-5-3-2-4-6-17/h7,14H,2-6,8H2,1H3. The van der Waals surface area contributed by atoms with Crippen LogP contribution in [0.15, 0.2) is 11.0 Å². The molecule has 104 valence electrons. The van der Waals surface area contributed by atoms with Gasteiger partial charge in [-0.1, -0.05) is 11.6 Å². The van der Waals surface area contributed by atoms with Gasteiger partial charge in [0.05, 0.1) is 18.4 Å². The first kappa shape index (κ1) is 13.9. The molecule has 1 amide bonds. The number of hydrogen-bond donors (Lipinski definition) is 1. The number of carbonyl (C=O) groups is 1. The maximum absolute atomic E-state index is 12.0. The van der Waals surface area contributed by atoms with E-state index in [1.165, 1.54) is 19.7 Å². The normalized spacial score (nSPS) is 15.4. The van der Waals surface area contributed by atoms with Gasteiger partial charge in [-0.05, 0) is 19.3 Å². The molecule has 1 fully saturated rings. The fourth-order valence-electron chi connectivity index (χ4n) is 2.06. The van der Waals surface area contributed by atoms with E-state index < -0.39 is 0 Å². The zero-order valence-corrected chi connectivity index (χ0v) is 11.6. The number of anilines is 1. The maximum atomic E-state index is 12.0. The van der Waals surface area contributed by atoms with Crippen molar-refractivity contribution in [3.05, 3.63) is 21.6 Å². The highest BCUT2D eigenvalue weighted by Gasteiger charge is 2.16. The van der Waals surface area contributed by atoms with Crippen molar-refractivity contribution in [2.45, 2.75) is 19.3 Å². The minimum Gasteiger partial charge on any atom is -0.373 e. The highest BCUT2D eigenvalue weighted by atomic mass is 35.5. The first-order valence-electron chi connectivity index (χ1n) is 6.33. The molecular formula is C12H17ClN4O2. The number of piperidine rings is 1. The lowest BCUT2D eigenvalue weighted by Gasteiger charge is -2.26. The Morgan fingerprint density at radius 1 is 1.42 bits per heavy atom. The van der Waals surface area contributed by atoms with Crippen LogP contribution in [0.5, 0.6) is 0 Å². The van der Waals surface area contributed by atoms with Crippen LogP contribution >= 0.6 is 11.6 Å². The first-order valence-corrected chi connectivity index (χ1v) is 6.71. The van der Waals surface area contributed by atoms with Crippen molar-refractivity contribution in [3.8, 4) is 0 Å². The number of nitrogens with one attached hydrogen (secondary N) is 1. The predicted octanol–water partition coefficient (Wildman–Crippen LogP) is 0.858. The van der Waals surface area contributed by atoms with E-state index in [0.29, 0.717) is 5.69 Å². The quantitative estimate of drug-likeness (QED) is 0.894. The van der Waals surface area contributed by atoms with Gasteiger partial charge in [-0.3, -0.25) is 9.59 Å². The largest absolute Gasteiger partial charge is 0.373 e. The van der Waals surface area contributed by atoms with E-state index >= 15 is 0 Å². The smallest absolute Gasteiger partial charge is 0.287 e. The number of aromatic nitrogens is 2. The number of rotatable bonds is 3. The van der Waals surface area contributed by atoms with E-state index in [1.807, 2.05) is 4.90 Å². The summed E-state index contributed by atoms with van der Waals surface area (Å²) in [5.41, 5.74) is 0.0206. The highest BCUT2D eigenvalue weighted by molar-refractivity contribution is 6.33. The van der Waals surface area contributed by atoms with E-state index in [2.05, 4.69) is 10.4 Å². The SMILES string of the molecule is Cn1ncc(NCC(=O)N2CCCCC2)c(Cl)c1=O. The van der Waals surface area contributed by atoms with E-state index in [-0.39, 0.29) is 23.0 Å². The third-order valence-electron chi connectivity index (χ3n) is 3.22. The predicted molar refractivity (Wildman–Crippen MR) is 73.4 cm³/mol. The first-order chi connectivity index (χ1) is 9.09. The molecule has 0 saturated carbocycles. The number of likely N-dealkylation sites (tertiary alicyclic amines) is 1. The van der Waals surface area contributed by atoms with Crippen molar-refractivity contribution in [2.24, 2.45) is 7.05 Å². The lowest BCUT2D eigenvalue weighted by Crippen LogP contribution is -2.39. The van der Waals surface area contributed by atoms with Crippen LogP contribution in [0.4, 0.5) is 5.69 Å². The summed E-state index contributed by atoms with van der Waals surface area (Å²) in [5.74, 6) is 0.0245. The lowest BCUT2D eigenvalue weighted by molar-refractivity contribution is -0.130. The van der Waals surface area contributed by atoms with Gasteiger partial charge < -0.3 is 10.2 Å². The Morgan fingerprint density at radius 3 is 2.79 bits per heavy atom. The highest BCUT2D eigenvalue weighted by Crippen LogP contribution is 2.15. The fraction of sp³-hybridized carbons (Fsp3) is 0.583. The molecule has 1 N–H and O–H groups in total. The molecule has 2 rings (SSSR count). The third kappa shape index (κ3) is 3.26. The third-order valence-corrected chi connectivity index (χ3v) is 3.58. The Bertz CT molecular complexity index is 523. The molecule has 6 nitrogen and oxygen atoms in total. The molecule has 1 aromatic heterocycles. The molecule has 1 aliphatic rings. The van der Waals surface area contributed by atoms with Gasteiger partial charge in [0.1, 0.15) is 5.02 Å². The Morgan fingerprint density at radius 2 is 2.11 bits per heavy atom. The number of amides is 1. The number of hydrogen-bond acceptors (Lipinski definition) is 4. The molecule has 0 spiro atoms. The van der Waals surface area contributed by atoms with Crippen LogP contribution in [-0.2, 0) is 11.8 Å². The summed E-state index contributed by atoms with van der Waals surface area (Å²) in [6.07, 6.45) is 4.74. The number of carbonyl (C=O) groups excluding carboxylic acids is 1. The van der Waals surface area contributed by atoms with Gasteiger partial charge in [-0.15, -0.1) is 0 Å². The average molecular weight is 285 g/mol. The minimum atomic E-state index is -0.378. The van der Waals surface area contributed by atoms with Gasteiger partial charge in [0.2, 0.25) is 5.91 Å². The van der Waals surface area contributed by atoms with Gasteiger partial charge in [0, 0.05) is 20.1 Å². The van der Waals surface area contributed by atoms with Gasteiger partial charge in [0.25, 0.3) is 5.56 Å². The second kappa shape index (κ2) is 6.06. The van der Waals surface area contributed by atoms with Crippen LogP contribution in [-0.4, -0.2) is 40.2 Å². The minimum absolute atomic E-state index is 0.0245. The second-order valence-corrected chi connectivity index (χ2v) is 4.97. The summed E-state index contributed by atoms with van der Waals surface area (Å²) in [6.45, 7) is 1.75. The Kier molecular flexibility index (Phi) is 4.42. The molecule has 7 heteroatoms. The van der Waals surface area contributed by atoms with Crippen molar-refractivity contribution >= 4 is 23.2 Å². The Balaban J connectivity index is 1.97. The maximum Gasteiger partial charge on any atom is 0.287 e. The van der Waals surface area contributed by atoms with E-state index in [1.54, 1.807) is 0 Å². The lowest BCUT2D eigenvalue weighted by atomic mass is 10.1. The van der Waals surface area contributed by atoms with Crippen LogP contribution in [0.1, 0.15) is 19.3 Å².